The number of unbranched alkanes of at least 4 members (excludes halogenated alkanes) is 2. The Morgan fingerprint density at radius 1 is 1.10 bits per heavy atom. The molecular formula is C19H28Fe. The summed E-state index contributed by atoms with van der Waals surface area (Å²) in [6.45, 7) is 6.61. The Bertz CT molecular complexity index is 409. The first kappa shape index (κ1) is 19.2. The molecule has 0 spiro atoms. The first-order chi connectivity index (χ1) is 9.26. The molecule has 2 rings (SSSR count). The minimum Gasteiger partial charge on any atom is -0.213 e. The van der Waals surface area contributed by atoms with E-state index in [0.717, 1.165) is 0 Å². The summed E-state index contributed by atoms with van der Waals surface area (Å²) in [5, 5.41) is 0. The van der Waals surface area contributed by atoms with Gasteiger partial charge >= 0.3 is 17.1 Å². The largest absolute Gasteiger partial charge is 2.00 e. The molecule has 0 fully saturated rings. The van der Waals surface area contributed by atoms with E-state index in [0.29, 0.717) is 0 Å². The predicted octanol–water partition coefficient (Wildman–Crippen LogP) is 5.80. The van der Waals surface area contributed by atoms with Crippen LogP contribution in [0.25, 0.3) is 0 Å². The molecule has 0 aliphatic heterocycles. The van der Waals surface area contributed by atoms with Crippen molar-refractivity contribution in [2.45, 2.75) is 59.3 Å². The minimum absolute atomic E-state index is 0. The van der Waals surface area contributed by atoms with Crippen LogP contribution in [-0.2, 0) is 29.9 Å². The molecule has 0 saturated heterocycles. The third-order valence-corrected chi connectivity index (χ3v) is 3.34. The van der Waals surface area contributed by atoms with Crippen molar-refractivity contribution in [2.75, 3.05) is 0 Å². The van der Waals surface area contributed by atoms with E-state index in [4.69, 9.17) is 0 Å². The normalized spacial score (nSPS) is 9.55. The van der Waals surface area contributed by atoms with Gasteiger partial charge in [-0.1, -0.05) is 59.3 Å². The zero-order chi connectivity index (χ0) is 13.9. The van der Waals surface area contributed by atoms with Crippen molar-refractivity contribution in [1.82, 2.24) is 0 Å². The molecule has 2 aromatic rings. The molecule has 0 N–H and O–H groups in total. The van der Waals surface area contributed by atoms with Crippen LogP contribution < -0.4 is 0 Å². The van der Waals surface area contributed by atoms with Gasteiger partial charge in [0, 0.05) is 0 Å². The van der Waals surface area contributed by atoms with E-state index in [2.05, 4.69) is 63.2 Å². The fraction of sp³-hybridized carbons (Fsp3) is 0.474. The van der Waals surface area contributed by atoms with E-state index in [1.54, 1.807) is 0 Å². The summed E-state index contributed by atoms with van der Waals surface area (Å²) in [7, 11) is 0. The monoisotopic (exact) mass is 312 g/mol. The third kappa shape index (κ3) is 8.40. The Labute approximate surface area is 135 Å². The molecule has 0 radical (unpaired) electrons. The van der Waals surface area contributed by atoms with Gasteiger partial charge in [0.2, 0.25) is 0 Å². The van der Waals surface area contributed by atoms with Crippen LogP contribution >= 0.6 is 0 Å². The number of rotatable bonds is 6. The molecule has 2 aromatic carbocycles. The van der Waals surface area contributed by atoms with E-state index in [1.807, 2.05) is 0 Å². The van der Waals surface area contributed by atoms with E-state index in [1.165, 1.54) is 55.2 Å². The first-order valence-electron chi connectivity index (χ1n) is 7.69. The van der Waals surface area contributed by atoms with Gasteiger partial charge in [0.15, 0.2) is 0 Å². The average Bonchev–Trinajstić information content (AvgIpc) is 3.06. The van der Waals surface area contributed by atoms with Gasteiger partial charge < -0.3 is 0 Å². The Morgan fingerprint density at radius 3 is 2.35 bits per heavy atom. The second-order valence-electron chi connectivity index (χ2n) is 5.30. The summed E-state index contributed by atoms with van der Waals surface area (Å²) in [6.07, 6.45) is 7.75. The molecule has 0 heterocycles. The number of aryl methyl sites for hydroxylation is 3. The fourth-order valence-electron chi connectivity index (χ4n) is 2.12. The molecule has 112 valence electrons. The summed E-state index contributed by atoms with van der Waals surface area (Å²) in [5.74, 6) is 0. The SMILES string of the molecule is CCCC[c-]1ccc(C)c1.CCCCc1ccc[cH-]1.[Fe+2]. The van der Waals surface area contributed by atoms with Gasteiger partial charge in [-0.15, -0.1) is 0 Å². The van der Waals surface area contributed by atoms with Gasteiger partial charge in [-0.05, 0) is 0 Å². The van der Waals surface area contributed by atoms with Crippen molar-refractivity contribution >= 4 is 0 Å². The Kier molecular flexibility index (Phi) is 11.5. The van der Waals surface area contributed by atoms with E-state index in [-0.39, 0.29) is 17.1 Å². The molecule has 0 amide bonds. The van der Waals surface area contributed by atoms with Crippen LogP contribution in [0, 0.1) is 6.92 Å². The zero-order valence-electron chi connectivity index (χ0n) is 13.1. The topological polar surface area (TPSA) is 0 Å². The maximum atomic E-state index is 2.27. The summed E-state index contributed by atoms with van der Waals surface area (Å²) in [5.41, 5.74) is 4.38. The van der Waals surface area contributed by atoms with Crippen LogP contribution in [0.2, 0.25) is 0 Å². The summed E-state index contributed by atoms with van der Waals surface area (Å²) >= 11 is 0. The van der Waals surface area contributed by atoms with Crippen LogP contribution in [0.5, 0.6) is 0 Å². The molecule has 0 unspecified atom stereocenters. The van der Waals surface area contributed by atoms with Crippen molar-refractivity contribution in [2.24, 2.45) is 0 Å². The number of hydrogen-bond donors (Lipinski definition) is 0. The van der Waals surface area contributed by atoms with Crippen LogP contribution in [0.3, 0.4) is 0 Å². The molecule has 0 atom stereocenters. The van der Waals surface area contributed by atoms with Crippen molar-refractivity contribution in [3.05, 3.63) is 59.2 Å². The van der Waals surface area contributed by atoms with Crippen molar-refractivity contribution < 1.29 is 17.1 Å². The Balaban J connectivity index is 0.000000345. The fourth-order valence-corrected chi connectivity index (χ4v) is 2.12. The molecule has 0 aliphatic rings. The quantitative estimate of drug-likeness (QED) is 0.467. The third-order valence-electron chi connectivity index (χ3n) is 3.34. The summed E-state index contributed by atoms with van der Waals surface area (Å²) < 4.78 is 0. The van der Waals surface area contributed by atoms with Crippen LogP contribution in [0.1, 0.15) is 56.2 Å². The van der Waals surface area contributed by atoms with Crippen molar-refractivity contribution in [3.8, 4) is 0 Å². The van der Waals surface area contributed by atoms with E-state index < -0.39 is 0 Å². The molecule has 0 nitrogen and oxygen atoms in total. The van der Waals surface area contributed by atoms with Crippen LogP contribution in [-0.4, -0.2) is 0 Å². The molecule has 0 bridgehead atoms. The minimum atomic E-state index is 0. The summed E-state index contributed by atoms with van der Waals surface area (Å²) in [4.78, 5) is 0. The van der Waals surface area contributed by atoms with E-state index in [9.17, 15) is 0 Å². The molecule has 0 saturated carbocycles. The van der Waals surface area contributed by atoms with Crippen molar-refractivity contribution in [3.63, 3.8) is 0 Å². The zero-order valence-corrected chi connectivity index (χ0v) is 14.2. The predicted molar refractivity (Wildman–Crippen MR) is 86.0 cm³/mol. The first-order valence-corrected chi connectivity index (χ1v) is 7.69. The Morgan fingerprint density at radius 2 is 1.85 bits per heavy atom. The number of hydrogen-bond acceptors (Lipinski definition) is 0. The van der Waals surface area contributed by atoms with E-state index >= 15 is 0 Å². The second-order valence-corrected chi connectivity index (χ2v) is 5.30. The standard InChI is InChI=1S/C10H15.C9H13.Fe/c1-3-4-5-10-7-6-9(2)8-10;1-2-3-6-9-7-4-5-8-9;/h6-8H,3-5H2,1-2H3;4-5,7-8H,2-3,6H2,1H3;/q2*-1;+2. The van der Waals surface area contributed by atoms with Crippen LogP contribution in [0.15, 0.2) is 42.5 Å². The van der Waals surface area contributed by atoms with Crippen molar-refractivity contribution in [1.29, 1.82) is 0 Å². The van der Waals surface area contributed by atoms with Gasteiger partial charge in [0.05, 0.1) is 0 Å². The molecule has 0 aliphatic carbocycles. The van der Waals surface area contributed by atoms with Gasteiger partial charge in [-0.25, -0.2) is 23.8 Å². The Hall–Kier alpha value is -0.781. The molecule has 1 heteroatoms. The van der Waals surface area contributed by atoms with Gasteiger partial charge in [0.25, 0.3) is 0 Å². The maximum Gasteiger partial charge on any atom is 2.00 e. The molecule has 20 heavy (non-hydrogen) atoms. The smallest absolute Gasteiger partial charge is 0.213 e. The van der Waals surface area contributed by atoms with Gasteiger partial charge in [-0.2, -0.15) is 35.4 Å². The van der Waals surface area contributed by atoms with Crippen LogP contribution in [0.4, 0.5) is 0 Å². The molecular weight excluding hydrogens is 284 g/mol. The van der Waals surface area contributed by atoms with Gasteiger partial charge in [-0.3, -0.25) is 0 Å². The average molecular weight is 312 g/mol. The maximum absolute atomic E-state index is 2.27. The second kappa shape index (κ2) is 12.0. The van der Waals surface area contributed by atoms with Gasteiger partial charge in [0.1, 0.15) is 0 Å². The summed E-state index contributed by atoms with van der Waals surface area (Å²) in [6, 6.07) is 15.3. The molecule has 0 aromatic heterocycles.